The first-order valence-electron chi connectivity index (χ1n) is 8.40. The molecule has 6 heteroatoms. The summed E-state index contributed by atoms with van der Waals surface area (Å²) in [5, 5.41) is 13.8. The summed E-state index contributed by atoms with van der Waals surface area (Å²) >= 11 is 0. The number of benzene rings is 1. The number of hydrogen-bond donors (Lipinski definition) is 1. The van der Waals surface area contributed by atoms with Gasteiger partial charge >= 0.3 is 0 Å². The van der Waals surface area contributed by atoms with E-state index >= 15 is 0 Å². The third kappa shape index (κ3) is 2.63. The molecule has 0 saturated carbocycles. The van der Waals surface area contributed by atoms with Crippen LogP contribution in [0.2, 0.25) is 0 Å². The molecule has 2 aromatic heterocycles. The van der Waals surface area contributed by atoms with Gasteiger partial charge in [-0.2, -0.15) is 14.6 Å². The number of fused-ring (bicyclic) bond motifs is 1. The third-order valence-corrected chi connectivity index (χ3v) is 4.84. The van der Waals surface area contributed by atoms with Gasteiger partial charge in [0.05, 0.1) is 5.69 Å². The number of aliphatic hydroxyl groups is 1. The van der Waals surface area contributed by atoms with Gasteiger partial charge in [0.2, 0.25) is 0 Å². The molecule has 0 bridgehead atoms. The van der Waals surface area contributed by atoms with Crippen LogP contribution in [0.3, 0.4) is 0 Å². The second-order valence-electron chi connectivity index (χ2n) is 6.45. The zero-order valence-electron chi connectivity index (χ0n) is 13.7. The number of rotatable bonds is 3. The van der Waals surface area contributed by atoms with E-state index < -0.39 is 0 Å². The number of aliphatic hydroxyl groups excluding tert-OH is 1. The lowest BCUT2D eigenvalue weighted by Crippen LogP contribution is -2.42. The van der Waals surface area contributed by atoms with Crippen LogP contribution in [0.1, 0.15) is 19.8 Å². The van der Waals surface area contributed by atoms with Gasteiger partial charge in [-0.05, 0) is 25.7 Å². The van der Waals surface area contributed by atoms with Gasteiger partial charge in [0.25, 0.3) is 5.78 Å². The summed E-state index contributed by atoms with van der Waals surface area (Å²) in [4.78, 5) is 11.3. The van der Waals surface area contributed by atoms with Crippen molar-refractivity contribution in [2.24, 2.45) is 5.92 Å². The van der Waals surface area contributed by atoms with E-state index in [0.29, 0.717) is 17.7 Å². The van der Waals surface area contributed by atoms with Crippen LogP contribution >= 0.6 is 0 Å². The summed E-state index contributed by atoms with van der Waals surface area (Å²) in [6, 6.07) is 12.6. The highest BCUT2D eigenvalue weighted by molar-refractivity contribution is 5.65. The molecule has 0 unspecified atom stereocenters. The molecule has 4 rings (SSSR count). The zero-order valence-corrected chi connectivity index (χ0v) is 13.7. The fourth-order valence-electron chi connectivity index (χ4n) is 3.53. The van der Waals surface area contributed by atoms with Crippen LogP contribution in [0.5, 0.6) is 0 Å². The Labute approximate surface area is 140 Å². The molecule has 1 aliphatic rings. The molecular formula is C18H21N5O. The molecule has 2 atom stereocenters. The van der Waals surface area contributed by atoms with E-state index in [4.69, 9.17) is 0 Å². The normalized spacial score (nSPS) is 21.3. The Morgan fingerprint density at radius 3 is 2.83 bits per heavy atom. The Morgan fingerprint density at radius 2 is 2.08 bits per heavy atom. The van der Waals surface area contributed by atoms with Crippen LogP contribution < -0.4 is 4.90 Å². The second kappa shape index (κ2) is 6.20. The lowest BCUT2D eigenvalue weighted by Gasteiger charge is -2.38. The molecule has 0 spiro atoms. The quantitative estimate of drug-likeness (QED) is 0.801. The molecule has 0 amide bonds. The van der Waals surface area contributed by atoms with Crippen LogP contribution in [-0.4, -0.2) is 43.9 Å². The summed E-state index contributed by atoms with van der Waals surface area (Å²) in [6.45, 7) is 3.37. The maximum absolute atomic E-state index is 9.44. The van der Waals surface area contributed by atoms with Crippen molar-refractivity contribution >= 4 is 11.6 Å². The van der Waals surface area contributed by atoms with Gasteiger partial charge in [-0.15, -0.1) is 0 Å². The first-order chi connectivity index (χ1) is 11.8. The summed E-state index contributed by atoms with van der Waals surface area (Å²) in [6.07, 6.45) is 3.52. The molecule has 0 radical (unpaired) electrons. The number of piperidine rings is 1. The van der Waals surface area contributed by atoms with Crippen molar-refractivity contribution in [3.63, 3.8) is 0 Å². The Balaban J connectivity index is 1.78. The monoisotopic (exact) mass is 323 g/mol. The third-order valence-electron chi connectivity index (χ3n) is 4.84. The lowest BCUT2D eigenvalue weighted by molar-refractivity contribution is 0.190. The Hall–Kier alpha value is -2.47. The predicted octanol–water partition coefficient (Wildman–Crippen LogP) is 2.39. The molecular weight excluding hydrogens is 302 g/mol. The van der Waals surface area contributed by atoms with Crippen molar-refractivity contribution in [2.75, 3.05) is 18.1 Å². The Kier molecular flexibility index (Phi) is 3.90. The van der Waals surface area contributed by atoms with Gasteiger partial charge in [0.15, 0.2) is 0 Å². The molecule has 1 N–H and O–H groups in total. The first-order valence-corrected chi connectivity index (χ1v) is 8.40. The summed E-state index contributed by atoms with van der Waals surface area (Å²) in [7, 11) is 0. The SMILES string of the molecule is C[C@H]1C[C@@H](CO)CCN1c1cc(-c2ccccc2)nc2ncnn12. The van der Waals surface area contributed by atoms with Crippen molar-refractivity contribution in [1.82, 2.24) is 19.6 Å². The fraction of sp³-hybridized carbons (Fsp3) is 0.389. The minimum Gasteiger partial charge on any atom is -0.396 e. The molecule has 3 heterocycles. The van der Waals surface area contributed by atoms with Gasteiger partial charge < -0.3 is 10.0 Å². The second-order valence-corrected chi connectivity index (χ2v) is 6.45. The Morgan fingerprint density at radius 1 is 1.25 bits per heavy atom. The zero-order chi connectivity index (χ0) is 16.5. The first kappa shape index (κ1) is 15.1. The average Bonchev–Trinajstić information content (AvgIpc) is 3.10. The number of hydrogen-bond acceptors (Lipinski definition) is 5. The minimum absolute atomic E-state index is 0.266. The van der Waals surface area contributed by atoms with Gasteiger partial charge in [-0.25, -0.2) is 4.98 Å². The van der Waals surface area contributed by atoms with Gasteiger partial charge in [-0.3, -0.25) is 0 Å². The highest BCUT2D eigenvalue weighted by Gasteiger charge is 2.27. The van der Waals surface area contributed by atoms with E-state index in [0.717, 1.165) is 36.5 Å². The highest BCUT2D eigenvalue weighted by Crippen LogP contribution is 2.30. The van der Waals surface area contributed by atoms with Gasteiger partial charge in [0.1, 0.15) is 12.1 Å². The lowest BCUT2D eigenvalue weighted by atomic mass is 9.92. The average molecular weight is 323 g/mol. The molecule has 1 saturated heterocycles. The molecule has 124 valence electrons. The van der Waals surface area contributed by atoms with Crippen LogP contribution in [-0.2, 0) is 0 Å². The molecule has 1 aliphatic heterocycles. The van der Waals surface area contributed by atoms with E-state index in [1.807, 2.05) is 22.7 Å². The van der Waals surface area contributed by atoms with Gasteiger partial charge in [-0.1, -0.05) is 30.3 Å². The molecule has 6 nitrogen and oxygen atoms in total. The van der Waals surface area contributed by atoms with Crippen LogP contribution in [0.25, 0.3) is 17.0 Å². The molecule has 3 aromatic rings. The molecule has 1 aromatic carbocycles. The fourth-order valence-corrected chi connectivity index (χ4v) is 3.53. The molecule has 1 fully saturated rings. The van der Waals surface area contributed by atoms with Crippen molar-refractivity contribution < 1.29 is 5.11 Å². The van der Waals surface area contributed by atoms with Crippen LogP contribution in [0, 0.1) is 5.92 Å². The van der Waals surface area contributed by atoms with Crippen molar-refractivity contribution in [2.45, 2.75) is 25.8 Å². The summed E-state index contributed by atoms with van der Waals surface area (Å²) < 4.78 is 1.81. The van der Waals surface area contributed by atoms with Crippen molar-refractivity contribution in [3.8, 4) is 11.3 Å². The van der Waals surface area contributed by atoms with Crippen LogP contribution in [0.15, 0.2) is 42.7 Å². The maximum Gasteiger partial charge on any atom is 0.254 e. The van der Waals surface area contributed by atoms with Crippen molar-refractivity contribution in [1.29, 1.82) is 0 Å². The van der Waals surface area contributed by atoms with E-state index in [9.17, 15) is 5.11 Å². The predicted molar refractivity (Wildman–Crippen MR) is 92.8 cm³/mol. The largest absolute Gasteiger partial charge is 0.396 e. The van der Waals surface area contributed by atoms with Gasteiger partial charge in [0, 0.05) is 30.8 Å². The summed E-state index contributed by atoms with van der Waals surface area (Å²) in [5.41, 5.74) is 1.98. The van der Waals surface area contributed by atoms with E-state index in [-0.39, 0.29) is 6.61 Å². The standard InChI is InChI=1S/C18H21N5O/c1-13-9-14(11-24)7-8-22(13)17-10-16(15-5-3-2-4-6-15)21-18-19-12-20-23(17)18/h2-6,10,12-14,24H,7-9,11H2,1H3/t13-,14-/m0/s1. The highest BCUT2D eigenvalue weighted by atomic mass is 16.3. The molecule has 0 aliphatic carbocycles. The Bertz CT molecular complexity index is 832. The van der Waals surface area contributed by atoms with E-state index in [1.165, 1.54) is 0 Å². The number of aromatic nitrogens is 4. The molecule has 24 heavy (non-hydrogen) atoms. The minimum atomic E-state index is 0.266. The smallest absolute Gasteiger partial charge is 0.254 e. The number of nitrogens with zero attached hydrogens (tertiary/aromatic N) is 5. The maximum atomic E-state index is 9.44. The van der Waals surface area contributed by atoms with E-state index in [2.05, 4.69) is 45.1 Å². The topological polar surface area (TPSA) is 66.5 Å². The van der Waals surface area contributed by atoms with Crippen LogP contribution in [0.4, 0.5) is 5.82 Å². The van der Waals surface area contributed by atoms with Crippen molar-refractivity contribution in [3.05, 3.63) is 42.7 Å². The number of anilines is 1. The van der Waals surface area contributed by atoms with E-state index in [1.54, 1.807) is 6.33 Å². The summed E-state index contributed by atoms with van der Waals surface area (Å²) in [5.74, 6) is 2.01.